The molecule has 1 aromatic heterocycles. The fourth-order valence-corrected chi connectivity index (χ4v) is 4.85. The van der Waals surface area contributed by atoms with Crippen molar-refractivity contribution in [3.8, 4) is 11.1 Å². The van der Waals surface area contributed by atoms with Gasteiger partial charge in [-0.3, -0.25) is 29.5 Å². The summed E-state index contributed by atoms with van der Waals surface area (Å²) in [6, 6.07) is 16.7. The average molecular weight is 469 g/mol. The normalized spacial score (nSPS) is 17.3. The van der Waals surface area contributed by atoms with E-state index in [2.05, 4.69) is 10.3 Å². The van der Waals surface area contributed by atoms with Crippen LogP contribution < -0.4 is 11.1 Å². The second kappa shape index (κ2) is 9.13. The highest BCUT2D eigenvalue weighted by Crippen LogP contribution is 2.35. The van der Waals surface area contributed by atoms with Crippen molar-refractivity contribution < 1.29 is 19.2 Å². The van der Waals surface area contributed by atoms with Gasteiger partial charge in [0.1, 0.15) is 11.7 Å². The molecule has 0 bridgehead atoms. The largest absolute Gasteiger partial charge is 0.364 e. The first-order chi connectivity index (χ1) is 16.9. The lowest BCUT2D eigenvalue weighted by atomic mass is 9.95. The van der Waals surface area contributed by atoms with Gasteiger partial charge >= 0.3 is 0 Å². The molecule has 8 nitrogen and oxygen atoms in total. The minimum absolute atomic E-state index is 0.185. The maximum atomic E-state index is 13.1. The molecule has 0 radical (unpaired) electrons. The highest BCUT2D eigenvalue weighted by Gasteiger charge is 2.39. The maximum Gasteiger partial charge on any atom is 0.267 e. The number of aryl methyl sites for hydroxylation is 2. The van der Waals surface area contributed by atoms with Gasteiger partial charge in [-0.15, -0.1) is 0 Å². The molecular weight excluding hydrogens is 444 g/mol. The van der Waals surface area contributed by atoms with Gasteiger partial charge in [-0.25, -0.2) is 0 Å². The lowest BCUT2D eigenvalue weighted by Gasteiger charge is -2.29. The number of primary amides is 1. The van der Waals surface area contributed by atoms with E-state index in [0.717, 1.165) is 34.2 Å². The van der Waals surface area contributed by atoms with Crippen LogP contribution >= 0.6 is 0 Å². The molecule has 176 valence electrons. The number of benzene rings is 2. The van der Waals surface area contributed by atoms with Crippen LogP contribution in [0.1, 0.15) is 50.4 Å². The fourth-order valence-electron chi connectivity index (χ4n) is 4.85. The van der Waals surface area contributed by atoms with Gasteiger partial charge in [0.2, 0.25) is 11.8 Å². The number of aromatic nitrogens is 1. The topological polar surface area (TPSA) is 122 Å². The molecule has 8 heteroatoms. The number of carbonyl (C=O) groups excluding carboxylic acids is 4. The number of amides is 4. The molecule has 1 atom stereocenters. The summed E-state index contributed by atoms with van der Waals surface area (Å²) in [4.78, 5) is 54.2. The van der Waals surface area contributed by atoms with Crippen LogP contribution in [0.2, 0.25) is 0 Å². The van der Waals surface area contributed by atoms with Crippen LogP contribution in [0.15, 0.2) is 60.8 Å². The molecule has 3 heterocycles. The number of rotatable bonds is 6. The SMILES string of the molecule is NC(=O)c1ncccc1CCc1ccc(-c2cccc3c2CN(C2CCC(=O)NC2=O)C3=O)cc1. The Bertz CT molecular complexity index is 1350. The van der Waals surface area contributed by atoms with E-state index in [-0.39, 0.29) is 18.2 Å². The van der Waals surface area contributed by atoms with Gasteiger partial charge in [-0.2, -0.15) is 0 Å². The van der Waals surface area contributed by atoms with Crippen LogP contribution in [0.4, 0.5) is 0 Å². The molecule has 0 saturated carbocycles. The van der Waals surface area contributed by atoms with Gasteiger partial charge in [0, 0.05) is 24.7 Å². The number of fused-ring (bicyclic) bond motifs is 1. The van der Waals surface area contributed by atoms with E-state index >= 15 is 0 Å². The molecule has 0 aliphatic carbocycles. The van der Waals surface area contributed by atoms with Gasteiger partial charge in [0.05, 0.1) is 0 Å². The summed E-state index contributed by atoms with van der Waals surface area (Å²) < 4.78 is 0. The number of piperidine rings is 1. The average Bonchev–Trinajstić information content (AvgIpc) is 3.19. The van der Waals surface area contributed by atoms with Crippen molar-refractivity contribution in [2.45, 2.75) is 38.3 Å². The van der Waals surface area contributed by atoms with Crippen LogP contribution in [-0.2, 0) is 29.0 Å². The summed E-state index contributed by atoms with van der Waals surface area (Å²) >= 11 is 0. The van der Waals surface area contributed by atoms with E-state index < -0.39 is 17.9 Å². The van der Waals surface area contributed by atoms with Crippen LogP contribution in [0.3, 0.4) is 0 Å². The molecule has 4 amide bonds. The number of hydrogen-bond acceptors (Lipinski definition) is 5. The number of imide groups is 1. The number of hydrogen-bond donors (Lipinski definition) is 2. The van der Waals surface area contributed by atoms with Crippen LogP contribution in [0.5, 0.6) is 0 Å². The third kappa shape index (κ3) is 4.30. The first kappa shape index (κ1) is 22.5. The summed E-state index contributed by atoms with van der Waals surface area (Å²) in [6.45, 7) is 0.329. The predicted molar refractivity (Wildman–Crippen MR) is 128 cm³/mol. The molecule has 3 N–H and O–H groups in total. The van der Waals surface area contributed by atoms with Crippen LogP contribution in [-0.4, -0.2) is 39.6 Å². The van der Waals surface area contributed by atoms with Crippen molar-refractivity contribution >= 4 is 23.6 Å². The quantitative estimate of drug-likeness (QED) is 0.538. The zero-order chi connectivity index (χ0) is 24.5. The summed E-state index contributed by atoms with van der Waals surface area (Å²) in [5.41, 5.74) is 11.0. The van der Waals surface area contributed by atoms with Crippen molar-refractivity contribution in [2.24, 2.45) is 5.73 Å². The van der Waals surface area contributed by atoms with E-state index in [9.17, 15) is 19.2 Å². The first-order valence-corrected chi connectivity index (χ1v) is 11.5. The zero-order valence-corrected chi connectivity index (χ0v) is 19.0. The molecule has 0 spiro atoms. The van der Waals surface area contributed by atoms with E-state index in [1.54, 1.807) is 23.2 Å². The third-order valence-corrected chi connectivity index (χ3v) is 6.65. The van der Waals surface area contributed by atoms with Gasteiger partial charge in [-0.1, -0.05) is 42.5 Å². The minimum atomic E-state index is -0.638. The van der Waals surface area contributed by atoms with Crippen LogP contribution in [0.25, 0.3) is 11.1 Å². The number of nitrogens with one attached hydrogen (secondary N) is 1. The number of carbonyl (C=O) groups is 4. The molecule has 2 aliphatic heterocycles. The Morgan fingerprint density at radius 3 is 2.51 bits per heavy atom. The number of pyridine rings is 1. The number of nitrogens with two attached hydrogens (primary N) is 1. The molecule has 5 rings (SSSR count). The summed E-state index contributed by atoms with van der Waals surface area (Å²) in [6.07, 6.45) is 3.49. The molecular formula is C27H24N4O4. The predicted octanol–water partition coefficient (Wildman–Crippen LogP) is 2.39. The molecule has 1 unspecified atom stereocenters. The molecule has 1 saturated heterocycles. The monoisotopic (exact) mass is 468 g/mol. The molecule has 2 aromatic carbocycles. The molecule has 35 heavy (non-hydrogen) atoms. The molecule has 3 aromatic rings. The van der Waals surface area contributed by atoms with Gasteiger partial charge < -0.3 is 10.6 Å². The summed E-state index contributed by atoms with van der Waals surface area (Å²) in [7, 11) is 0. The Kier molecular flexibility index (Phi) is 5.86. The van der Waals surface area contributed by atoms with Gasteiger partial charge in [0.15, 0.2) is 0 Å². The lowest BCUT2D eigenvalue weighted by Crippen LogP contribution is -2.52. The standard InChI is InChI=1S/C27H24N4O4/c28-25(33)24-18(3-2-14-29-24)11-8-16-6-9-17(10-7-16)19-4-1-5-20-21(19)15-31(27(20)35)22-12-13-23(32)30-26(22)34/h1-7,9-10,14,22H,8,11-13,15H2,(H2,28,33)(H,30,32,34). The van der Waals surface area contributed by atoms with Crippen molar-refractivity contribution in [1.29, 1.82) is 0 Å². The highest BCUT2D eigenvalue weighted by atomic mass is 16.2. The van der Waals surface area contributed by atoms with E-state index in [0.29, 0.717) is 30.6 Å². The Balaban J connectivity index is 1.34. The molecule has 1 fully saturated rings. The smallest absolute Gasteiger partial charge is 0.267 e. The Morgan fingerprint density at radius 2 is 1.77 bits per heavy atom. The van der Waals surface area contributed by atoms with Crippen molar-refractivity contribution in [3.63, 3.8) is 0 Å². The van der Waals surface area contributed by atoms with Crippen molar-refractivity contribution in [3.05, 3.63) is 88.7 Å². The van der Waals surface area contributed by atoms with Gasteiger partial charge in [-0.05, 0) is 59.2 Å². The van der Waals surface area contributed by atoms with Crippen molar-refractivity contribution in [2.75, 3.05) is 0 Å². The first-order valence-electron chi connectivity index (χ1n) is 11.5. The minimum Gasteiger partial charge on any atom is -0.364 e. The Morgan fingerprint density at radius 1 is 1.00 bits per heavy atom. The second-order valence-electron chi connectivity index (χ2n) is 8.80. The Labute approximate surface area is 202 Å². The van der Waals surface area contributed by atoms with E-state index in [1.807, 2.05) is 42.5 Å². The third-order valence-electron chi connectivity index (χ3n) is 6.65. The van der Waals surface area contributed by atoms with E-state index in [1.165, 1.54) is 0 Å². The van der Waals surface area contributed by atoms with Crippen LogP contribution in [0, 0.1) is 0 Å². The zero-order valence-electron chi connectivity index (χ0n) is 19.0. The van der Waals surface area contributed by atoms with Crippen molar-refractivity contribution in [1.82, 2.24) is 15.2 Å². The summed E-state index contributed by atoms with van der Waals surface area (Å²) in [5, 5.41) is 2.34. The maximum absolute atomic E-state index is 13.1. The number of nitrogens with zero attached hydrogens (tertiary/aromatic N) is 2. The Hall–Kier alpha value is -4.33. The van der Waals surface area contributed by atoms with E-state index in [4.69, 9.17) is 5.73 Å². The molecule has 2 aliphatic rings. The lowest BCUT2D eigenvalue weighted by molar-refractivity contribution is -0.136. The summed E-state index contributed by atoms with van der Waals surface area (Å²) in [5.74, 6) is -1.43. The highest BCUT2D eigenvalue weighted by molar-refractivity contribution is 6.06. The second-order valence-corrected chi connectivity index (χ2v) is 8.80. The van der Waals surface area contributed by atoms with Gasteiger partial charge in [0.25, 0.3) is 11.8 Å². The fraction of sp³-hybridized carbons (Fsp3) is 0.222.